The number of hydrogen-bond acceptors (Lipinski definition) is 6. The molecule has 0 saturated carbocycles. The fraction of sp³-hybridized carbons (Fsp3) is 0.333. The molecule has 12 heteroatoms. The van der Waals surface area contributed by atoms with Gasteiger partial charge in [0, 0.05) is 18.5 Å². The third-order valence-corrected chi connectivity index (χ3v) is 6.65. The summed E-state index contributed by atoms with van der Waals surface area (Å²) in [4.78, 5) is 37.0. The van der Waals surface area contributed by atoms with Gasteiger partial charge in [0.2, 0.25) is 27.7 Å². The first-order chi connectivity index (χ1) is 17.0. The summed E-state index contributed by atoms with van der Waals surface area (Å²) >= 11 is 0. The van der Waals surface area contributed by atoms with E-state index in [0.717, 1.165) is 5.56 Å². The molecule has 0 radical (unpaired) electrons. The van der Waals surface area contributed by atoms with E-state index in [-0.39, 0.29) is 37.4 Å². The summed E-state index contributed by atoms with van der Waals surface area (Å²) < 4.78 is 27.5. The smallest absolute Gasteiger partial charge is 0.242 e. The van der Waals surface area contributed by atoms with Crippen LogP contribution in [0.3, 0.4) is 0 Å². The highest BCUT2D eigenvalue weighted by Gasteiger charge is 2.28. The Labute approximate surface area is 210 Å². The maximum atomic E-state index is 12.9. The lowest BCUT2D eigenvalue weighted by Crippen LogP contribution is -2.53. The highest BCUT2D eigenvalue weighted by molar-refractivity contribution is 7.88. The number of primary amides is 1. The van der Waals surface area contributed by atoms with Crippen LogP contribution < -0.4 is 26.8 Å². The summed E-state index contributed by atoms with van der Waals surface area (Å²) in [5, 5.41) is 12.7. The standard InChI is InChI=1S/C24H32N6O5S/c1-2-19(30-36(34,35)15-17-6-4-3-5-7-17)24(33)29-20(12-13-21(25)31)23(32)28-14-16-8-10-18(11-9-16)22(26)27/h3-11,19-20,30H,2,12-15H2,1H3,(H2,25,31)(H3,26,27)(H,28,32)(H,29,33)/t19-,20+/m1/s1. The van der Waals surface area contributed by atoms with Crippen molar-refractivity contribution in [2.45, 2.75) is 50.6 Å². The maximum Gasteiger partial charge on any atom is 0.242 e. The van der Waals surface area contributed by atoms with E-state index in [1.165, 1.54) is 0 Å². The van der Waals surface area contributed by atoms with Crippen molar-refractivity contribution < 1.29 is 22.8 Å². The van der Waals surface area contributed by atoms with Crippen LogP contribution in [0.5, 0.6) is 0 Å². The van der Waals surface area contributed by atoms with Gasteiger partial charge in [-0.25, -0.2) is 13.1 Å². The molecule has 0 aliphatic heterocycles. The van der Waals surface area contributed by atoms with Gasteiger partial charge < -0.3 is 22.1 Å². The van der Waals surface area contributed by atoms with E-state index in [4.69, 9.17) is 16.9 Å². The molecule has 0 aromatic heterocycles. The number of nitrogen functional groups attached to an aromatic ring is 1. The third-order valence-electron chi connectivity index (χ3n) is 5.29. The number of benzene rings is 2. The van der Waals surface area contributed by atoms with E-state index in [0.29, 0.717) is 11.1 Å². The Kier molecular flexibility index (Phi) is 10.6. The van der Waals surface area contributed by atoms with Crippen LogP contribution >= 0.6 is 0 Å². The van der Waals surface area contributed by atoms with Crippen molar-refractivity contribution in [3.8, 4) is 0 Å². The van der Waals surface area contributed by atoms with Crippen molar-refractivity contribution in [2.24, 2.45) is 11.5 Å². The van der Waals surface area contributed by atoms with Gasteiger partial charge in [0.05, 0.1) is 5.75 Å². The molecule has 0 aliphatic rings. The van der Waals surface area contributed by atoms with Crippen LogP contribution in [0.2, 0.25) is 0 Å². The monoisotopic (exact) mass is 516 g/mol. The lowest BCUT2D eigenvalue weighted by molar-refractivity contribution is -0.130. The van der Waals surface area contributed by atoms with E-state index < -0.39 is 39.8 Å². The molecule has 2 atom stereocenters. The van der Waals surface area contributed by atoms with E-state index in [9.17, 15) is 22.8 Å². The molecule has 3 amide bonds. The fourth-order valence-electron chi connectivity index (χ4n) is 3.32. The number of amides is 3. The normalized spacial score (nSPS) is 12.8. The zero-order valence-corrected chi connectivity index (χ0v) is 20.8. The minimum Gasteiger partial charge on any atom is -0.384 e. The number of nitrogens with one attached hydrogen (secondary N) is 4. The first-order valence-electron chi connectivity index (χ1n) is 11.3. The average molecular weight is 517 g/mol. The van der Waals surface area contributed by atoms with Crippen LogP contribution in [-0.4, -0.2) is 44.1 Å². The number of nitrogens with two attached hydrogens (primary N) is 2. The van der Waals surface area contributed by atoms with Crippen molar-refractivity contribution in [3.05, 3.63) is 71.3 Å². The molecular formula is C24H32N6O5S. The lowest BCUT2D eigenvalue weighted by atomic mass is 10.1. The predicted octanol–water partition coefficient (Wildman–Crippen LogP) is 0.235. The Morgan fingerprint density at radius 2 is 1.56 bits per heavy atom. The minimum atomic E-state index is -3.84. The SMILES string of the molecule is CC[C@@H](NS(=O)(=O)Cc1ccccc1)C(=O)N[C@@H](CCC(N)=O)C(=O)NCc1ccc(C(=N)N)cc1. The zero-order chi connectivity index (χ0) is 26.7. The molecule has 0 bridgehead atoms. The Morgan fingerprint density at radius 3 is 2.11 bits per heavy atom. The number of amidine groups is 1. The molecule has 11 nitrogen and oxygen atoms in total. The van der Waals surface area contributed by atoms with E-state index in [1.807, 2.05) is 0 Å². The average Bonchev–Trinajstić information content (AvgIpc) is 2.83. The summed E-state index contributed by atoms with van der Waals surface area (Å²) in [6.45, 7) is 1.76. The zero-order valence-electron chi connectivity index (χ0n) is 20.0. The maximum absolute atomic E-state index is 12.9. The van der Waals surface area contributed by atoms with Gasteiger partial charge in [-0.05, 0) is 24.0 Å². The molecule has 0 unspecified atom stereocenters. The molecule has 0 saturated heterocycles. The van der Waals surface area contributed by atoms with Gasteiger partial charge in [0.15, 0.2) is 0 Å². The first kappa shape index (κ1) is 28.5. The van der Waals surface area contributed by atoms with Gasteiger partial charge in [-0.15, -0.1) is 0 Å². The van der Waals surface area contributed by atoms with Crippen LogP contribution in [0.25, 0.3) is 0 Å². The number of carbonyl (C=O) groups excluding carboxylic acids is 3. The van der Waals surface area contributed by atoms with Crippen LogP contribution in [0.1, 0.15) is 42.9 Å². The largest absolute Gasteiger partial charge is 0.384 e. The molecule has 0 spiro atoms. The van der Waals surface area contributed by atoms with Crippen molar-refractivity contribution >= 4 is 33.6 Å². The number of hydrogen-bond donors (Lipinski definition) is 6. The van der Waals surface area contributed by atoms with Gasteiger partial charge in [-0.2, -0.15) is 0 Å². The van der Waals surface area contributed by atoms with Crippen molar-refractivity contribution in [2.75, 3.05) is 0 Å². The van der Waals surface area contributed by atoms with Crippen molar-refractivity contribution in [3.63, 3.8) is 0 Å². The molecule has 0 heterocycles. The highest BCUT2D eigenvalue weighted by Crippen LogP contribution is 2.08. The Bertz CT molecular complexity index is 1170. The van der Waals surface area contributed by atoms with Gasteiger partial charge in [0.25, 0.3) is 0 Å². The molecule has 2 aromatic rings. The molecule has 8 N–H and O–H groups in total. The number of carbonyl (C=O) groups is 3. The molecular weight excluding hydrogens is 484 g/mol. The summed E-state index contributed by atoms with van der Waals surface area (Å²) in [6, 6.07) is 13.0. The third kappa shape index (κ3) is 9.47. The van der Waals surface area contributed by atoms with Gasteiger partial charge >= 0.3 is 0 Å². The van der Waals surface area contributed by atoms with Crippen LogP contribution in [0.4, 0.5) is 0 Å². The van der Waals surface area contributed by atoms with Gasteiger partial charge in [0.1, 0.15) is 17.9 Å². The molecule has 36 heavy (non-hydrogen) atoms. The number of sulfonamides is 1. The first-order valence-corrected chi connectivity index (χ1v) is 13.0. The fourth-order valence-corrected chi connectivity index (χ4v) is 4.74. The Morgan fingerprint density at radius 1 is 0.917 bits per heavy atom. The molecule has 0 aliphatic carbocycles. The predicted molar refractivity (Wildman–Crippen MR) is 136 cm³/mol. The quantitative estimate of drug-likeness (QED) is 0.153. The summed E-state index contributed by atoms with van der Waals surface area (Å²) in [5.41, 5.74) is 12.5. The van der Waals surface area contributed by atoms with E-state index in [2.05, 4.69) is 15.4 Å². The minimum absolute atomic E-state index is 0.0522. The second kappa shape index (κ2) is 13.4. The molecule has 0 fully saturated rings. The van der Waals surface area contributed by atoms with E-state index in [1.54, 1.807) is 61.5 Å². The topological polar surface area (TPSA) is 197 Å². The number of rotatable bonds is 14. The highest BCUT2D eigenvalue weighted by atomic mass is 32.2. The summed E-state index contributed by atoms with van der Waals surface area (Å²) in [7, 11) is -3.84. The van der Waals surface area contributed by atoms with Gasteiger partial charge in [-0.1, -0.05) is 61.5 Å². The van der Waals surface area contributed by atoms with Crippen LogP contribution in [0, 0.1) is 5.41 Å². The Hall–Kier alpha value is -3.77. The van der Waals surface area contributed by atoms with Gasteiger partial charge in [-0.3, -0.25) is 19.8 Å². The van der Waals surface area contributed by atoms with Crippen molar-refractivity contribution in [1.29, 1.82) is 5.41 Å². The van der Waals surface area contributed by atoms with Crippen molar-refractivity contribution in [1.82, 2.24) is 15.4 Å². The lowest BCUT2D eigenvalue weighted by Gasteiger charge is -2.22. The molecule has 2 aromatic carbocycles. The summed E-state index contributed by atoms with van der Waals surface area (Å²) in [6.07, 6.45) is -0.0574. The second-order valence-corrected chi connectivity index (χ2v) is 9.97. The van der Waals surface area contributed by atoms with Crippen LogP contribution in [-0.2, 0) is 36.7 Å². The summed E-state index contributed by atoms with van der Waals surface area (Å²) in [5.74, 6) is -2.26. The second-order valence-electron chi connectivity index (χ2n) is 8.22. The van der Waals surface area contributed by atoms with Crippen LogP contribution in [0.15, 0.2) is 54.6 Å². The molecule has 194 valence electrons. The Balaban J connectivity index is 2.04. The molecule has 2 rings (SSSR count). The van der Waals surface area contributed by atoms with E-state index >= 15 is 0 Å².